The Morgan fingerprint density at radius 3 is 2.41 bits per heavy atom. The average molecular weight is 458 g/mol. The maximum atomic E-state index is 13.8. The van der Waals surface area contributed by atoms with Gasteiger partial charge in [-0.05, 0) is 54.8 Å². The van der Waals surface area contributed by atoms with E-state index in [4.69, 9.17) is 9.47 Å². The zero-order valence-electron chi connectivity index (χ0n) is 16.7. The van der Waals surface area contributed by atoms with Gasteiger partial charge in [-0.3, -0.25) is 0 Å². The number of rotatable bonds is 9. The third-order valence-electron chi connectivity index (χ3n) is 4.85. The summed E-state index contributed by atoms with van der Waals surface area (Å²) in [5.41, 5.74) is 4.01. The molecule has 0 unspecified atom stereocenters. The SMILES string of the molecule is COc1ccc(Br)c(CNCCc2ccccc2F)c1OCc1ccccc1C. The Balaban J connectivity index is 1.70. The molecular weight excluding hydrogens is 433 g/mol. The third kappa shape index (κ3) is 5.58. The molecule has 3 rings (SSSR count). The highest BCUT2D eigenvalue weighted by Gasteiger charge is 2.15. The zero-order valence-corrected chi connectivity index (χ0v) is 18.3. The summed E-state index contributed by atoms with van der Waals surface area (Å²) in [5.74, 6) is 1.23. The summed E-state index contributed by atoms with van der Waals surface area (Å²) >= 11 is 3.62. The van der Waals surface area contributed by atoms with Crippen LogP contribution >= 0.6 is 15.9 Å². The zero-order chi connectivity index (χ0) is 20.6. The van der Waals surface area contributed by atoms with Crippen LogP contribution in [0.2, 0.25) is 0 Å². The molecule has 0 fully saturated rings. The van der Waals surface area contributed by atoms with E-state index in [-0.39, 0.29) is 5.82 Å². The van der Waals surface area contributed by atoms with Gasteiger partial charge in [0, 0.05) is 16.6 Å². The van der Waals surface area contributed by atoms with E-state index in [1.807, 2.05) is 36.4 Å². The molecule has 0 spiro atoms. The number of methoxy groups -OCH3 is 1. The van der Waals surface area contributed by atoms with E-state index >= 15 is 0 Å². The second-order valence-corrected chi connectivity index (χ2v) is 7.65. The normalized spacial score (nSPS) is 10.8. The first-order valence-corrected chi connectivity index (χ1v) is 10.4. The van der Waals surface area contributed by atoms with Gasteiger partial charge in [-0.25, -0.2) is 4.39 Å². The fourth-order valence-corrected chi connectivity index (χ4v) is 3.58. The maximum Gasteiger partial charge on any atom is 0.167 e. The van der Waals surface area contributed by atoms with Crippen molar-refractivity contribution in [3.8, 4) is 11.5 Å². The lowest BCUT2D eigenvalue weighted by Crippen LogP contribution is -2.18. The third-order valence-corrected chi connectivity index (χ3v) is 5.59. The fourth-order valence-electron chi connectivity index (χ4n) is 3.13. The van der Waals surface area contributed by atoms with Crippen molar-refractivity contribution in [2.75, 3.05) is 13.7 Å². The van der Waals surface area contributed by atoms with Gasteiger partial charge in [-0.2, -0.15) is 0 Å². The predicted octanol–water partition coefficient (Wildman–Crippen LogP) is 5.82. The number of hydrogen-bond donors (Lipinski definition) is 1. The number of halogens is 2. The Hall–Kier alpha value is -2.37. The van der Waals surface area contributed by atoms with Crippen molar-refractivity contribution in [1.29, 1.82) is 0 Å². The van der Waals surface area contributed by atoms with Crippen molar-refractivity contribution in [2.45, 2.75) is 26.5 Å². The first kappa shape index (κ1) is 21.3. The van der Waals surface area contributed by atoms with Crippen molar-refractivity contribution in [1.82, 2.24) is 5.32 Å². The van der Waals surface area contributed by atoms with Crippen molar-refractivity contribution < 1.29 is 13.9 Å². The molecule has 29 heavy (non-hydrogen) atoms. The minimum absolute atomic E-state index is 0.167. The van der Waals surface area contributed by atoms with Crippen LogP contribution in [-0.2, 0) is 19.6 Å². The molecule has 0 aliphatic carbocycles. The molecule has 0 radical (unpaired) electrons. The van der Waals surface area contributed by atoms with E-state index in [2.05, 4.69) is 40.3 Å². The number of ether oxygens (including phenoxy) is 2. The molecule has 0 aliphatic heterocycles. The minimum Gasteiger partial charge on any atom is -0.493 e. The van der Waals surface area contributed by atoms with Crippen molar-refractivity contribution in [3.05, 3.63) is 93.2 Å². The van der Waals surface area contributed by atoms with Crippen LogP contribution in [0.3, 0.4) is 0 Å². The lowest BCUT2D eigenvalue weighted by atomic mass is 10.1. The minimum atomic E-state index is -0.167. The molecule has 0 aromatic heterocycles. The Labute approximate surface area is 180 Å². The first-order chi connectivity index (χ1) is 14.1. The van der Waals surface area contributed by atoms with Crippen LogP contribution in [0, 0.1) is 12.7 Å². The highest BCUT2D eigenvalue weighted by atomic mass is 79.9. The van der Waals surface area contributed by atoms with E-state index in [0.29, 0.717) is 43.2 Å². The second-order valence-electron chi connectivity index (χ2n) is 6.79. The molecule has 3 aromatic rings. The molecule has 0 saturated carbocycles. The number of nitrogens with one attached hydrogen (secondary N) is 1. The molecule has 0 saturated heterocycles. The van der Waals surface area contributed by atoms with Crippen molar-refractivity contribution in [2.24, 2.45) is 0 Å². The smallest absolute Gasteiger partial charge is 0.167 e. The molecule has 0 heterocycles. The fraction of sp³-hybridized carbons (Fsp3) is 0.250. The molecule has 3 aromatic carbocycles. The average Bonchev–Trinajstić information content (AvgIpc) is 2.73. The largest absolute Gasteiger partial charge is 0.493 e. The van der Waals surface area contributed by atoms with Gasteiger partial charge < -0.3 is 14.8 Å². The van der Waals surface area contributed by atoms with E-state index in [1.54, 1.807) is 13.2 Å². The van der Waals surface area contributed by atoms with Gasteiger partial charge in [0.1, 0.15) is 12.4 Å². The molecular formula is C24H25BrFNO2. The maximum absolute atomic E-state index is 13.8. The van der Waals surface area contributed by atoms with E-state index < -0.39 is 0 Å². The van der Waals surface area contributed by atoms with Gasteiger partial charge >= 0.3 is 0 Å². The topological polar surface area (TPSA) is 30.5 Å². The van der Waals surface area contributed by atoms with Gasteiger partial charge in [-0.15, -0.1) is 0 Å². The summed E-state index contributed by atoms with van der Waals surface area (Å²) in [7, 11) is 1.64. The summed E-state index contributed by atoms with van der Waals surface area (Å²) in [5, 5.41) is 3.39. The highest BCUT2D eigenvalue weighted by Crippen LogP contribution is 2.37. The molecule has 0 bridgehead atoms. The van der Waals surface area contributed by atoms with Crippen LogP contribution in [-0.4, -0.2) is 13.7 Å². The van der Waals surface area contributed by atoms with Crippen molar-refractivity contribution >= 4 is 15.9 Å². The van der Waals surface area contributed by atoms with Gasteiger partial charge in [0.2, 0.25) is 0 Å². The van der Waals surface area contributed by atoms with Crippen LogP contribution in [0.4, 0.5) is 4.39 Å². The van der Waals surface area contributed by atoms with E-state index in [1.165, 1.54) is 11.6 Å². The molecule has 152 valence electrons. The summed E-state index contributed by atoms with van der Waals surface area (Å²) in [6.45, 7) is 3.76. The van der Waals surface area contributed by atoms with Gasteiger partial charge in [0.05, 0.1) is 7.11 Å². The number of benzene rings is 3. The predicted molar refractivity (Wildman–Crippen MR) is 118 cm³/mol. The molecule has 0 amide bonds. The summed E-state index contributed by atoms with van der Waals surface area (Å²) in [6, 6.07) is 18.9. The molecule has 5 heteroatoms. The Bertz CT molecular complexity index is 961. The lowest BCUT2D eigenvalue weighted by Gasteiger charge is -2.18. The molecule has 1 N–H and O–H groups in total. The Morgan fingerprint density at radius 1 is 0.966 bits per heavy atom. The second kappa shape index (κ2) is 10.4. The number of aryl methyl sites for hydroxylation is 1. The van der Waals surface area contributed by atoms with E-state index in [9.17, 15) is 4.39 Å². The van der Waals surface area contributed by atoms with Crippen LogP contribution in [0.1, 0.15) is 22.3 Å². The number of hydrogen-bond acceptors (Lipinski definition) is 3. The monoisotopic (exact) mass is 457 g/mol. The molecule has 0 atom stereocenters. The summed E-state index contributed by atoms with van der Waals surface area (Å²) in [6.07, 6.45) is 0.619. The summed E-state index contributed by atoms with van der Waals surface area (Å²) in [4.78, 5) is 0. The lowest BCUT2D eigenvalue weighted by molar-refractivity contribution is 0.280. The first-order valence-electron chi connectivity index (χ1n) is 9.57. The Kier molecular flexibility index (Phi) is 7.67. The molecule has 3 nitrogen and oxygen atoms in total. The van der Waals surface area contributed by atoms with Gasteiger partial charge in [-0.1, -0.05) is 58.4 Å². The van der Waals surface area contributed by atoms with Crippen LogP contribution in [0.5, 0.6) is 11.5 Å². The summed E-state index contributed by atoms with van der Waals surface area (Å²) < 4.78 is 26.4. The van der Waals surface area contributed by atoms with Gasteiger partial charge in [0.15, 0.2) is 11.5 Å². The van der Waals surface area contributed by atoms with Crippen molar-refractivity contribution in [3.63, 3.8) is 0 Å². The molecule has 0 aliphatic rings. The van der Waals surface area contributed by atoms with Gasteiger partial charge in [0.25, 0.3) is 0 Å². The standard InChI is InChI=1S/C24H25BrFNO2/c1-17-7-3-4-9-19(17)16-29-24-20(21(25)11-12-23(24)28-2)15-27-14-13-18-8-5-6-10-22(18)26/h3-12,27H,13-16H2,1-2H3. The van der Waals surface area contributed by atoms with Crippen LogP contribution in [0.15, 0.2) is 65.1 Å². The Morgan fingerprint density at radius 2 is 1.69 bits per heavy atom. The quantitative estimate of drug-likeness (QED) is 0.410. The van der Waals surface area contributed by atoms with Crippen LogP contribution < -0.4 is 14.8 Å². The highest BCUT2D eigenvalue weighted by molar-refractivity contribution is 9.10. The van der Waals surface area contributed by atoms with E-state index in [0.717, 1.165) is 15.6 Å². The van der Waals surface area contributed by atoms with Crippen LogP contribution in [0.25, 0.3) is 0 Å².